The number of primary amides is 1. The van der Waals surface area contributed by atoms with E-state index >= 15 is 0 Å². The zero-order valence-corrected chi connectivity index (χ0v) is 11.7. The minimum atomic E-state index is -4.06. The summed E-state index contributed by atoms with van der Waals surface area (Å²) in [6.07, 6.45) is 0. The molecule has 0 atom stereocenters. The summed E-state index contributed by atoms with van der Waals surface area (Å²) >= 11 is 0. The summed E-state index contributed by atoms with van der Waals surface area (Å²) in [5, 5.41) is 0. The number of benzene rings is 1. The van der Waals surface area contributed by atoms with Crippen LogP contribution in [0.3, 0.4) is 0 Å². The van der Waals surface area contributed by atoms with Crippen molar-refractivity contribution < 1.29 is 17.6 Å². The molecule has 1 amide bonds. The molecule has 0 aliphatic heterocycles. The van der Waals surface area contributed by atoms with E-state index in [-0.39, 0.29) is 12.5 Å². The van der Waals surface area contributed by atoms with Crippen molar-refractivity contribution in [2.75, 3.05) is 13.1 Å². The number of rotatable bonds is 6. The molecule has 19 heavy (non-hydrogen) atoms. The molecule has 0 saturated heterocycles. The Bertz CT molecular complexity index is 558. The first-order valence-corrected chi connectivity index (χ1v) is 7.22. The molecule has 0 spiro atoms. The zero-order valence-electron chi connectivity index (χ0n) is 10.8. The van der Waals surface area contributed by atoms with Crippen molar-refractivity contribution in [2.24, 2.45) is 11.7 Å². The fourth-order valence-corrected chi connectivity index (χ4v) is 3.26. The van der Waals surface area contributed by atoms with Crippen molar-refractivity contribution in [1.82, 2.24) is 4.31 Å². The molecule has 0 fully saturated rings. The summed E-state index contributed by atoms with van der Waals surface area (Å²) in [6.45, 7) is 3.23. The largest absolute Gasteiger partial charge is 0.369 e. The molecule has 0 bridgehead atoms. The minimum Gasteiger partial charge on any atom is -0.369 e. The second-order valence-corrected chi connectivity index (χ2v) is 6.49. The van der Waals surface area contributed by atoms with Gasteiger partial charge in [0.2, 0.25) is 15.9 Å². The van der Waals surface area contributed by atoms with E-state index in [9.17, 15) is 17.6 Å². The summed E-state index contributed by atoms with van der Waals surface area (Å²) in [6, 6.07) is 5.05. The van der Waals surface area contributed by atoms with E-state index in [0.717, 1.165) is 10.4 Å². The van der Waals surface area contributed by atoms with E-state index in [1.165, 1.54) is 18.2 Å². The van der Waals surface area contributed by atoms with Gasteiger partial charge in [-0.05, 0) is 18.1 Å². The average molecular weight is 288 g/mol. The lowest BCUT2D eigenvalue weighted by molar-refractivity contribution is -0.118. The Morgan fingerprint density at radius 2 is 1.95 bits per heavy atom. The lowest BCUT2D eigenvalue weighted by atomic mass is 10.2. The molecule has 2 N–H and O–H groups in total. The van der Waals surface area contributed by atoms with Gasteiger partial charge in [0.1, 0.15) is 10.7 Å². The molecule has 0 unspecified atom stereocenters. The van der Waals surface area contributed by atoms with Gasteiger partial charge in [-0.2, -0.15) is 4.31 Å². The fourth-order valence-electron chi connectivity index (χ4n) is 1.62. The number of halogens is 1. The van der Waals surface area contributed by atoms with Crippen LogP contribution in [0, 0.1) is 11.7 Å². The maximum atomic E-state index is 13.6. The van der Waals surface area contributed by atoms with Gasteiger partial charge in [0.05, 0.1) is 6.54 Å². The molecule has 1 aromatic carbocycles. The maximum absolute atomic E-state index is 13.6. The highest BCUT2D eigenvalue weighted by Gasteiger charge is 2.28. The first kappa shape index (κ1) is 15.6. The van der Waals surface area contributed by atoms with E-state index in [1.54, 1.807) is 13.8 Å². The summed E-state index contributed by atoms with van der Waals surface area (Å²) in [7, 11) is -4.06. The third kappa shape index (κ3) is 4.00. The first-order chi connectivity index (χ1) is 8.75. The molecule has 0 aromatic heterocycles. The average Bonchev–Trinajstić information content (AvgIpc) is 2.27. The summed E-state index contributed by atoms with van der Waals surface area (Å²) < 4.78 is 39.1. The molecule has 1 rings (SSSR count). The predicted octanol–water partition coefficient (Wildman–Crippen LogP) is 0.958. The minimum absolute atomic E-state index is 0.0131. The number of nitrogens with two attached hydrogens (primary N) is 1. The van der Waals surface area contributed by atoms with Crippen LogP contribution in [-0.2, 0) is 14.8 Å². The van der Waals surface area contributed by atoms with Gasteiger partial charge in [-0.25, -0.2) is 12.8 Å². The van der Waals surface area contributed by atoms with Gasteiger partial charge in [0, 0.05) is 6.54 Å². The van der Waals surface area contributed by atoms with E-state index < -0.39 is 33.2 Å². The Hall–Kier alpha value is -1.47. The maximum Gasteiger partial charge on any atom is 0.246 e. The Balaban J connectivity index is 3.19. The number of sulfonamides is 1. The SMILES string of the molecule is CC(C)CN(CC(N)=O)S(=O)(=O)c1ccccc1F. The topological polar surface area (TPSA) is 80.5 Å². The highest BCUT2D eigenvalue weighted by Crippen LogP contribution is 2.19. The molecule has 0 aliphatic rings. The van der Waals surface area contributed by atoms with Crippen LogP contribution < -0.4 is 5.73 Å². The van der Waals surface area contributed by atoms with Crippen LogP contribution in [0.1, 0.15) is 13.8 Å². The van der Waals surface area contributed by atoms with E-state index in [2.05, 4.69) is 0 Å². The monoisotopic (exact) mass is 288 g/mol. The third-order valence-corrected chi connectivity index (χ3v) is 4.20. The third-order valence-electron chi connectivity index (χ3n) is 2.36. The molecule has 106 valence electrons. The summed E-state index contributed by atoms with van der Waals surface area (Å²) in [5.74, 6) is -1.64. The van der Waals surface area contributed by atoms with Crippen molar-refractivity contribution in [2.45, 2.75) is 18.7 Å². The molecule has 0 aliphatic carbocycles. The quantitative estimate of drug-likeness (QED) is 0.846. The molecular formula is C12H17FN2O3S. The standard InChI is InChI=1S/C12H17FN2O3S/c1-9(2)7-15(8-12(14)16)19(17,18)11-6-4-3-5-10(11)13/h3-6,9H,7-8H2,1-2H3,(H2,14,16). The predicted molar refractivity (Wildman–Crippen MR) is 69.2 cm³/mol. The molecular weight excluding hydrogens is 271 g/mol. The fraction of sp³-hybridized carbons (Fsp3) is 0.417. The van der Waals surface area contributed by atoms with Crippen molar-refractivity contribution in [3.05, 3.63) is 30.1 Å². The van der Waals surface area contributed by atoms with E-state index in [0.29, 0.717) is 0 Å². The highest BCUT2D eigenvalue weighted by molar-refractivity contribution is 7.89. The zero-order chi connectivity index (χ0) is 14.6. The van der Waals surface area contributed by atoms with Gasteiger partial charge in [0.15, 0.2) is 0 Å². The Morgan fingerprint density at radius 1 is 1.37 bits per heavy atom. The number of carbonyl (C=O) groups excluding carboxylic acids is 1. The molecule has 0 radical (unpaired) electrons. The van der Waals surface area contributed by atoms with Crippen LogP contribution in [0.5, 0.6) is 0 Å². The van der Waals surface area contributed by atoms with Gasteiger partial charge in [-0.15, -0.1) is 0 Å². The van der Waals surface area contributed by atoms with Gasteiger partial charge in [-0.3, -0.25) is 4.79 Å². The molecule has 0 saturated carbocycles. The van der Waals surface area contributed by atoms with Crippen LogP contribution >= 0.6 is 0 Å². The van der Waals surface area contributed by atoms with Crippen LogP contribution in [0.2, 0.25) is 0 Å². The molecule has 1 aromatic rings. The van der Waals surface area contributed by atoms with Gasteiger partial charge >= 0.3 is 0 Å². The van der Waals surface area contributed by atoms with E-state index in [4.69, 9.17) is 5.73 Å². The van der Waals surface area contributed by atoms with Crippen molar-refractivity contribution in [3.63, 3.8) is 0 Å². The Labute approximate surface area is 112 Å². The van der Waals surface area contributed by atoms with Crippen LogP contribution in [-0.4, -0.2) is 31.7 Å². The lowest BCUT2D eigenvalue weighted by Gasteiger charge is -2.22. The number of nitrogens with zero attached hydrogens (tertiary/aromatic N) is 1. The van der Waals surface area contributed by atoms with Crippen LogP contribution in [0.4, 0.5) is 4.39 Å². The lowest BCUT2D eigenvalue weighted by Crippen LogP contribution is -2.40. The highest BCUT2D eigenvalue weighted by atomic mass is 32.2. The van der Waals surface area contributed by atoms with Crippen molar-refractivity contribution in [1.29, 1.82) is 0 Å². The smallest absolute Gasteiger partial charge is 0.246 e. The first-order valence-electron chi connectivity index (χ1n) is 5.78. The summed E-state index contributed by atoms with van der Waals surface area (Å²) in [5.41, 5.74) is 5.04. The Kier molecular flexibility index (Phi) is 5.02. The van der Waals surface area contributed by atoms with Crippen molar-refractivity contribution >= 4 is 15.9 Å². The molecule has 7 heteroatoms. The van der Waals surface area contributed by atoms with Gasteiger partial charge in [0.25, 0.3) is 0 Å². The number of hydrogen-bond acceptors (Lipinski definition) is 3. The van der Waals surface area contributed by atoms with Crippen LogP contribution in [0.15, 0.2) is 29.2 Å². The van der Waals surface area contributed by atoms with Crippen molar-refractivity contribution in [3.8, 4) is 0 Å². The summed E-state index contributed by atoms with van der Waals surface area (Å²) in [4.78, 5) is 10.5. The van der Waals surface area contributed by atoms with E-state index in [1.807, 2.05) is 0 Å². The normalized spacial score (nSPS) is 12.1. The van der Waals surface area contributed by atoms with Gasteiger partial charge in [-0.1, -0.05) is 26.0 Å². The van der Waals surface area contributed by atoms with Crippen LogP contribution in [0.25, 0.3) is 0 Å². The number of carbonyl (C=O) groups is 1. The second kappa shape index (κ2) is 6.12. The Morgan fingerprint density at radius 3 is 2.42 bits per heavy atom. The number of amides is 1. The second-order valence-electron chi connectivity index (χ2n) is 4.59. The van der Waals surface area contributed by atoms with Gasteiger partial charge < -0.3 is 5.73 Å². The molecule has 5 nitrogen and oxygen atoms in total. The number of hydrogen-bond donors (Lipinski definition) is 1. The molecule has 0 heterocycles.